The van der Waals surface area contributed by atoms with Crippen molar-refractivity contribution >= 4 is 17.6 Å². The van der Waals surface area contributed by atoms with Crippen LogP contribution in [0.2, 0.25) is 0 Å². The molecule has 25 heavy (non-hydrogen) atoms. The number of carbonyl (C=O) groups excluding carboxylic acids is 1. The minimum atomic E-state index is -3.45. The Morgan fingerprint density at radius 1 is 0.960 bits per heavy atom. The molecule has 0 radical (unpaired) electrons. The van der Waals surface area contributed by atoms with E-state index < -0.39 is 46.2 Å². The SMILES string of the molecule is O=Cc1ccccc1O.O=S([O-])Oc1c(F)c(F)c(F)c(F)c1F.[Zr]. The molecule has 0 spiro atoms. The van der Waals surface area contributed by atoms with Crippen LogP contribution >= 0.6 is 0 Å². The fraction of sp³-hybridized carbons (Fsp3) is 0. The Hall–Kier alpha value is -1.65. The van der Waals surface area contributed by atoms with Crippen LogP contribution in [0.1, 0.15) is 10.4 Å². The molecule has 12 heteroatoms. The predicted octanol–water partition coefficient (Wildman–Crippen LogP) is 2.76. The Bertz CT molecular complexity index is 761. The van der Waals surface area contributed by atoms with E-state index in [0.717, 1.165) is 0 Å². The van der Waals surface area contributed by atoms with E-state index in [1.54, 1.807) is 18.2 Å². The predicted molar refractivity (Wildman–Crippen MR) is 69.3 cm³/mol. The van der Waals surface area contributed by atoms with Crippen molar-refractivity contribution in [3.05, 3.63) is 58.9 Å². The van der Waals surface area contributed by atoms with Gasteiger partial charge in [0, 0.05) is 26.2 Å². The van der Waals surface area contributed by atoms with Crippen molar-refractivity contribution in [2.24, 2.45) is 0 Å². The van der Waals surface area contributed by atoms with Crippen LogP contribution in [0.3, 0.4) is 0 Å². The average molecular weight is 460 g/mol. The molecule has 0 saturated carbocycles. The first-order valence-electron chi connectivity index (χ1n) is 5.72. The number of para-hydroxylation sites is 1. The van der Waals surface area contributed by atoms with E-state index in [-0.39, 0.29) is 32.0 Å². The van der Waals surface area contributed by atoms with Crippen LogP contribution in [-0.2, 0) is 37.6 Å². The second kappa shape index (κ2) is 10.4. The fourth-order valence-electron chi connectivity index (χ4n) is 1.31. The zero-order chi connectivity index (χ0) is 18.4. The maximum Gasteiger partial charge on any atom is 0.216 e. The normalized spacial score (nSPS) is 10.8. The fourth-order valence-corrected chi connectivity index (χ4v) is 1.60. The summed E-state index contributed by atoms with van der Waals surface area (Å²) in [6.07, 6.45) is 0.620. The molecule has 0 saturated heterocycles. The standard InChI is InChI=1S/C7H6O2.C6HF5O3S.Zr/c8-5-6-3-1-2-4-7(6)9;7-1-2(8)4(10)6(14-15(12)13)5(11)3(1)9;/h1-5,9H;(H,12,13);/p-1. The topological polar surface area (TPSA) is 86.7 Å². The van der Waals surface area contributed by atoms with Gasteiger partial charge in [0.2, 0.25) is 34.8 Å². The first-order valence-corrected chi connectivity index (χ1v) is 6.72. The molecule has 0 aliphatic heterocycles. The second-order valence-electron chi connectivity index (χ2n) is 3.86. The van der Waals surface area contributed by atoms with Crippen LogP contribution in [0.25, 0.3) is 0 Å². The third-order valence-electron chi connectivity index (χ3n) is 2.38. The quantitative estimate of drug-likeness (QED) is 0.250. The van der Waals surface area contributed by atoms with E-state index in [1.807, 2.05) is 0 Å². The summed E-state index contributed by atoms with van der Waals surface area (Å²) < 4.78 is 85.7. The van der Waals surface area contributed by atoms with Crippen molar-refractivity contribution in [3.63, 3.8) is 0 Å². The van der Waals surface area contributed by atoms with Crippen LogP contribution in [0, 0.1) is 29.1 Å². The molecular formula is C13H6F5O5SZr-. The van der Waals surface area contributed by atoms with Gasteiger partial charge in [0.1, 0.15) is 17.1 Å². The molecule has 134 valence electrons. The molecule has 0 aliphatic rings. The van der Waals surface area contributed by atoms with Gasteiger partial charge in [-0.1, -0.05) is 12.1 Å². The summed E-state index contributed by atoms with van der Waals surface area (Å²) in [5.41, 5.74) is 0.331. The first kappa shape index (κ1) is 23.4. The van der Waals surface area contributed by atoms with Gasteiger partial charge in [-0.25, -0.2) is 17.4 Å². The number of benzene rings is 2. The van der Waals surface area contributed by atoms with E-state index >= 15 is 0 Å². The van der Waals surface area contributed by atoms with E-state index in [9.17, 15) is 35.5 Å². The Labute approximate surface area is 159 Å². The van der Waals surface area contributed by atoms with Gasteiger partial charge in [-0.05, 0) is 12.1 Å². The zero-order valence-electron chi connectivity index (χ0n) is 11.8. The van der Waals surface area contributed by atoms with Gasteiger partial charge >= 0.3 is 0 Å². The van der Waals surface area contributed by atoms with Crippen LogP contribution in [-0.4, -0.2) is 20.2 Å². The smallest absolute Gasteiger partial charge is 0.216 e. The van der Waals surface area contributed by atoms with Crippen LogP contribution in [0.5, 0.6) is 11.5 Å². The molecule has 5 nitrogen and oxygen atoms in total. The minimum Gasteiger partial charge on any atom is -0.740 e. The number of hydrogen-bond donors (Lipinski definition) is 1. The average Bonchev–Trinajstić information content (AvgIpc) is 2.56. The molecule has 0 bridgehead atoms. The van der Waals surface area contributed by atoms with Gasteiger partial charge in [-0.15, -0.1) is 0 Å². The minimum absolute atomic E-state index is 0. The van der Waals surface area contributed by atoms with Crippen molar-refractivity contribution in [1.29, 1.82) is 0 Å². The summed E-state index contributed by atoms with van der Waals surface area (Å²) >= 11 is -3.45. The van der Waals surface area contributed by atoms with Crippen LogP contribution < -0.4 is 4.18 Å². The molecule has 0 heterocycles. The van der Waals surface area contributed by atoms with Gasteiger partial charge < -0.3 is 13.8 Å². The van der Waals surface area contributed by atoms with Crippen LogP contribution in [0.4, 0.5) is 22.0 Å². The summed E-state index contributed by atoms with van der Waals surface area (Å²) in [5, 5.41) is 8.88. The number of aldehydes is 1. The number of halogens is 5. The third kappa shape index (κ3) is 5.98. The van der Waals surface area contributed by atoms with Gasteiger partial charge in [0.15, 0.2) is 6.29 Å². The van der Waals surface area contributed by atoms with Crippen molar-refractivity contribution in [1.82, 2.24) is 0 Å². The largest absolute Gasteiger partial charge is 0.740 e. The Balaban J connectivity index is 0.000000495. The number of carbonyl (C=O) groups is 1. The van der Waals surface area contributed by atoms with Crippen molar-refractivity contribution < 1.29 is 71.0 Å². The monoisotopic (exact) mass is 459 g/mol. The number of rotatable bonds is 3. The van der Waals surface area contributed by atoms with E-state index in [0.29, 0.717) is 11.8 Å². The molecule has 0 fully saturated rings. The zero-order valence-corrected chi connectivity index (χ0v) is 15.0. The van der Waals surface area contributed by atoms with Gasteiger partial charge in [-0.2, -0.15) is 8.78 Å². The Morgan fingerprint density at radius 3 is 1.76 bits per heavy atom. The van der Waals surface area contributed by atoms with Gasteiger partial charge in [0.05, 0.1) is 5.56 Å². The molecule has 2 aromatic rings. The molecule has 0 amide bonds. The van der Waals surface area contributed by atoms with Crippen molar-refractivity contribution in [2.75, 3.05) is 0 Å². The molecule has 1 unspecified atom stereocenters. The molecule has 0 aromatic heterocycles. The number of aromatic hydroxyl groups is 1. The summed E-state index contributed by atoms with van der Waals surface area (Å²) in [4.78, 5) is 10.1. The maximum absolute atomic E-state index is 12.6. The van der Waals surface area contributed by atoms with Gasteiger partial charge in [-0.3, -0.25) is 4.79 Å². The van der Waals surface area contributed by atoms with Crippen LogP contribution in [0.15, 0.2) is 24.3 Å². The third-order valence-corrected chi connectivity index (χ3v) is 2.69. The number of phenolic OH excluding ortho intramolecular Hbond substituents is 1. The number of phenols is 1. The molecule has 1 N–H and O–H groups in total. The van der Waals surface area contributed by atoms with E-state index in [4.69, 9.17) is 5.11 Å². The van der Waals surface area contributed by atoms with E-state index in [1.165, 1.54) is 6.07 Å². The summed E-state index contributed by atoms with van der Waals surface area (Å²) in [5.74, 6) is -13.5. The molecular weight excluding hydrogens is 454 g/mol. The Kier molecular flexibility index (Phi) is 9.69. The van der Waals surface area contributed by atoms with Crippen molar-refractivity contribution in [2.45, 2.75) is 0 Å². The second-order valence-corrected chi connectivity index (χ2v) is 4.44. The summed E-state index contributed by atoms with van der Waals surface area (Å²) in [6, 6.07) is 6.40. The molecule has 0 aliphatic carbocycles. The molecule has 2 aromatic carbocycles. The Morgan fingerprint density at radius 2 is 1.40 bits per heavy atom. The van der Waals surface area contributed by atoms with E-state index in [2.05, 4.69) is 4.18 Å². The first-order chi connectivity index (χ1) is 11.2. The number of hydrogen-bond acceptors (Lipinski definition) is 5. The summed E-state index contributed by atoms with van der Waals surface area (Å²) in [6.45, 7) is 0. The van der Waals surface area contributed by atoms with Gasteiger partial charge in [0.25, 0.3) is 0 Å². The molecule has 2 rings (SSSR count). The summed E-state index contributed by atoms with van der Waals surface area (Å²) in [7, 11) is 0. The van der Waals surface area contributed by atoms with Crippen molar-refractivity contribution in [3.8, 4) is 11.5 Å². The molecule has 1 atom stereocenters. The maximum atomic E-state index is 12.6.